The molecule has 0 saturated carbocycles. The van der Waals surface area contributed by atoms with E-state index in [0.29, 0.717) is 5.65 Å². The maximum Gasteiger partial charge on any atom is 0.329 e. The first-order valence-corrected chi connectivity index (χ1v) is 6.64. The van der Waals surface area contributed by atoms with E-state index in [9.17, 15) is 9.90 Å². The molecule has 0 aliphatic heterocycles. The third kappa shape index (κ3) is 2.17. The van der Waals surface area contributed by atoms with Crippen molar-refractivity contribution in [3.8, 4) is 0 Å². The maximum atomic E-state index is 11.6. The summed E-state index contributed by atoms with van der Waals surface area (Å²) in [5.41, 5.74) is 1.01. The van der Waals surface area contributed by atoms with Crippen LogP contribution in [-0.2, 0) is 15.7 Å². The average Bonchev–Trinajstić information content (AvgIpc) is 2.67. The number of hydrogen-bond donors (Lipinski definition) is 1. The van der Waals surface area contributed by atoms with Crippen LogP contribution in [0, 0.1) is 6.92 Å². The fourth-order valence-electron chi connectivity index (χ4n) is 2.19. The van der Waals surface area contributed by atoms with Gasteiger partial charge in [0.25, 0.3) is 0 Å². The number of imidazole rings is 1. The molecule has 0 saturated heterocycles. The van der Waals surface area contributed by atoms with Crippen molar-refractivity contribution in [1.29, 1.82) is 0 Å². The van der Waals surface area contributed by atoms with Gasteiger partial charge >= 0.3 is 5.97 Å². The Kier molecular flexibility index (Phi) is 3.11. The molecule has 2 rings (SSSR count). The van der Waals surface area contributed by atoms with E-state index < -0.39 is 11.5 Å². The van der Waals surface area contributed by atoms with Crippen LogP contribution in [0.2, 0.25) is 0 Å². The molecule has 0 radical (unpaired) electrons. The van der Waals surface area contributed by atoms with Gasteiger partial charge in [0, 0.05) is 11.6 Å². The van der Waals surface area contributed by atoms with Crippen molar-refractivity contribution in [2.75, 3.05) is 0 Å². The molecule has 1 N–H and O–H groups in total. The van der Waals surface area contributed by atoms with E-state index in [2.05, 4.69) is 9.97 Å². The monoisotopic (exact) mass is 275 g/mol. The minimum absolute atomic E-state index is 0.263. The molecule has 5 heteroatoms. The highest BCUT2D eigenvalue weighted by Crippen LogP contribution is 2.31. The molecule has 0 aliphatic carbocycles. The summed E-state index contributed by atoms with van der Waals surface area (Å²) in [4.78, 5) is 20.7. The summed E-state index contributed by atoms with van der Waals surface area (Å²) in [7, 11) is 0. The van der Waals surface area contributed by atoms with Crippen molar-refractivity contribution in [3.63, 3.8) is 0 Å². The quantitative estimate of drug-likeness (QED) is 0.915. The van der Waals surface area contributed by atoms with Crippen molar-refractivity contribution in [2.45, 2.75) is 52.5 Å². The van der Waals surface area contributed by atoms with Gasteiger partial charge in [-0.1, -0.05) is 20.8 Å². The van der Waals surface area contributed by atoms with Gasteiger partial charge in [0.1, 0.15) is 16.9 Å². The molecule has 0 fully saturated rings. The molecule has 5 nitrogen and oxygen atoms in total. The Morgan fingerprint density at radius 3 is 2.35 bits per heavy atom. The second-order valence-corrected chi connectivity index (χ2v) is 6.74. The summed E-state index contributed by atoms with van der Waals surface area (Å²) in [6.45, 7) is 11.4. The van der Waals surface area contributed by atoms with Gasteiger partial charge in [0.05, 0.1) is 0 Å². The van der Waals surface area contributed by atoms with Gasteiger partial charge in [-0.3, -0.25) is 4.57 Å². The highest BCUT2D eigenvalue weighted by molar-refractivity contribution is 5.81. The van der Waals surface area contributed by atoms with E-state index in [-0.39, 0.29) is 5.41 Å². The normalized spacial score (nSPS) is 12.9. The lowest BCUT2D eigenvalue weighted by atomic mass is 9.93. The SMILES string of the molecule is Cc1cnc2c(c1)nc(C(C)(C)C)n2C(C)(C)C(=O)O. The maximum absolute atomic E-state index is 11.6. The number of aromatic nitrogens is 3. The van der Waals surface area contributed by atoms with Crippen LogP contribution >= 0.6 is 0 Å². The lowest BCUT2D eigenvalue weighted by Crippen LogP contribution is -2.39. The molecule has 0 aliphatic rings. The minimum atomic E-state index is -1.10. The Morgan fingerprint density at radius 2 is 1.85 bits per heavy atom. The van der Waals surface area contributed by atoms with Crippen molar-refractivity contribution in [3.05, 3.63) is 23.7 Å². The molecule has 0 bridgehead atoms. The van der Waals surface area contributed by atoms with Crippen LogP contribution in [0.3, 0.4) is 0 Å². The average molecular weight is 275 g/mol. The largest absolute Gasteiger partial charge is 0.480 e. The Balaban J connectivity index is 2.89. The summed E-state index contributed by atoms with van der Waals surface area (Å²) >= 11 is 0. The number of hydrogen-bond acceptors (Lipinski definition) is 3. The molecule has 108 valence electrons. The Hall–Kier alpha value is -1.91. The second-order valence-electron chi connectivity index (χ2n) is 6.74. The zero-order valence-corrected chi connectivity index (χ0v) is 12.9. The number of rotatable bonds is 2. The van der Waals surface area contributed by atoms with E-state index in [1.54, 1.807) is 24.6 Å². The number of carboxylic acid groups (broad SMARTS) is 1. The smallest absolute Gasteiger partial charge is 0.329 e. The minimum Gasteiger partial charge on any atom is -0.480 e. The first-order valence-electron chi connectivity index (χ1n) is 6.64. The van der Waals surface area contributed by atoms with Crippen LogP contribution in [-0.4, -0.2) is 25.6 Å². The lowest BCUT2D eigenvalue weighted by Gasteiger charge is -2.28. The molecular formula is C15H21N3O2. The number of carboxylic acids is 1. The van der Waals surface area contributed by atoms with Crippen LogP contribution in [0.4, 0.5) is 0 Å². The van der Waals surface area contributed by atoms with Gasteiger partial charge < -0.3 is 5.11 Å². The number of carbonyl (C=O) groups is 1. The number of nitrogens with zero attached hydrogens (tertiary/aromatic N) is 3. The zero-order valence-electron chi connectivity index (χ0n) is 12.9. The van der Waals surface area contributed by atoms with Gasteiger partial charge in [-0.25, -0.2) is 14.8 Å². The highest BCUT2D eigenvalue weighted by atomic mass is 16.4. The summed E-state index contributed by atoms with van der Waals surface area (Å²) in [6.07, 6.45) is 1.74. The van der Waals surface area contributed by atoms with Crippen LogP contribution in [0.25, 0.3) is 11.2 Å². The first kappa shape index (κ1) is 14.5. The number of aryl methyl sites for hydroxylation is 1. The Morgan fingerprint density at radius 1 is 1.25 bits per heavy atom. The van der Waals surface area contributed by atoms with E-state index in [1.165, 1.54) is 0 Å². The molecule has 2 aromatic heterocycles. The fourth-order valence-corrected chi connectivity index (χ4v) is 2.19. The predicted octanol–water partition coefficient (Wildman–Crippen LogP) is 2.86. The van der Waals surface area contributed by atoms with Crippen molar-refractivity contribution in [2.24, 2.45) is 0 Å². The van der Waals surface area contributed by atoms with Gasteiger partial charge in [0.2, 0.25) is 0 Å². The Bertz CT molecular complexity index is 678. The van der Waals surface area contributed by atoms with E-state index >= 15 is 0 Å². The van der Waals surface area contributed by atoms with Gasteiger partial charge in [-0.05, 0) is 32.4 Å². The lowest BCUT2D eigenvalue weighted by molar-refractivity contribution is -0.145. The van der Waals surface area contributed by atoms with Crippen LogP contribution in [0.1, 0.15) is 46.0 Å². The van der Waals surface area contributed by atoms with E-state index in [0.717, 1.165) is 16.9 Å². The van der Waals surface area contributed by atoms with Crippen molar-refractivity contribution >= 4 is 17.1 Å². The summed E-state index contributed by atoms with van der Waals surface area (Å²) in [5, 5.41) is 9.54. The molecule has 0 atom stereocenters. The third-order valence-corrected chi connectivity index (χ3v) is 3.39. The predicted molar refractivity (Wildman–Crippen MR) is 77.9 cm³/mol. The topological polar surface area (TPSA) is 68.0 Å². The standard InChI is InChI=1S/C15H21N3O2/c1-9-7-10-11(16-8-9)18(15(5,6)13(19)20)12(17-10)14(2,3)4/h7-8H,1-6H3,(H,19,20). The van der Waals surface area contributed by atoms with Crippen LogP contribution in [0.15, 0.2) is 12.3 Å². The first-order chi connectivity index (χ1) is 9.05. The number of pyridine rings is 1. The van der Waals surface area contributed by atoms with Gasteiger partial charge in [-0.2, -0.15) is 0 Å². The molecule has 0 amide bonds. The summed E-state index contributed by atoms with van der Waals surface area (Å²) < 4.78 is 1.74. The van der Waals surface area contributed by atoms with E-state index in [1.807, 2.05) is 33.8 Å². The number of fused-ring (bicyclic) bond motifs is 1. The zero-order chi connectivity index (χ0) is 15.3. The summed E-state index contributed by atoms with van der Waals surface area (Å²) in [6, 6.07) is 1.94. The highest BCUT2D eigenvalue weighted by Gasteiger charge is 2.37. The van der Waals surface area contributed by atoms with E-state index in [4.69, 9.17) is 0 Å². The molecule has 2 aromatic rings. The molecular weight excluding hydrogens is 254 g/mol. The number of aliphatic carboxylic acids is 1. The second kappa shape index (κ2) is 4.30. The molecule has 0 unspecified atom stereocenters. The molecule has 0 aromatic carbocycles. The molecule has 20 heavy (non-hydrogen) atoms. The molecule has 0 spiro atoms. The van der Waals surface area contributed by atoms with Crippen LogP contribution in [0.5, 0.6) is 0 Å². The van der Waals surface area contributed by atoms with Gasteiger partial charge in [0.15, 0.2) is 5.65 Å². The van der Waals surface area contributed by atoms with Gasteiger partial charge in [-0.15, -0.1) is 0 Å². The van der Waals surface area contributed by atoms with Crippen molar-refractivity contribution in [1.82, 2.24) is 14.5 Å². The summed E-state index contributed by atoms with van der Waals surface area (Å²) in [5.74, 6) is -0.164. The molecule has 2 heterocycles. The third-order valence-electron chi connectivity index (χ3n) is 3.39. The Labute approximate surface area is 118 Å². The van der Waals surface area contributed by atoms with Crippen molar-refractivity contribution < 1.29 is 9.90 Å². The fraction of sp³-hybridized carbons (Fsp3) is 0.533. The van der Waals surface area contributed by atoms with Crippen LogP contribution < -0.4 is 0 Å².